The number of pyridine rings is 1. The summed E-state index contributed by atoms with van der Waals surface area (Å²) in [6.45, 7) is 1.83. The number of hydrogen-bond acceptors (Lipinski definition) is 2. The Labute approximate surface area is 79.1 Å². The second-order valence-corrected chi connectivity index (χ2v) is 3.35. The number of hydrogen-bond donors (Lipinski definition) is 1. The Morgan fingerprint density at radius 1 is 1.62 bits per heavy atom. The highest BCUT2D eigenvalue weighted by molar-refractivity contribution is 6.35. The van der Waals surface area contributed by atoms with Crippen molar-refractivity contribution in [3.05, 3.63) is 27.1 Å². The van der Waals surface area contributed by atoms with Gasteiger partial charge in [0.1, 0.15) is 5.39 Å². The zero-order chi connectivity index (χ0) is 9.59. The summed E-state index contributed by atoms with van der Waals surface area (Å²) in [7, 11) is 1.63. The summed E-state index contributed by atoms with van der Waals surface area (Å²) in [6, 6.07) is 1.68. The van der Waals surface area contributed by atoms with E-state index in [0.717, 1.165) is 5.69 Å². The molecule has 0 aliphatic heterocycles. The summed E-state index contributed by atoms with van der Waals surface area (Å²) in [6.07, 6.45) is 0. The lowest BCUT2D eigenvalue weighted by Crippen LogP contribution is -2.11. The number of aromatic nitrogens is 3. The van der Waals surface area contributed by atoms with E-state index in [9.17, 15) is 4.79 Å². The van der Waals surface area contributed by atoms with E-state index in [-0.39, 0.29) is 5.56 Å². The molecule has 5 heteroatoms. The van der Waals surface area contributed by atoms with Crippen molar-refractivity contribution in [3.63, 3.8) is 0 Å². The molecule has 0 saturated heterocycles. The number of fused-ring (bicyclic) bond motifs is 1. The van der Waals surface area contributed by atoms with Gasteiger partial charge in [-0.25, -0.2) is 4.98 Å². The van der Waals surface area contributed by atoms with Gasteiger partial charge in [0.25, 0.3) is 5.56 Å². The van der Waals surface area contributed by atoms with Crippen molar-refractivity contribution in [1.29, 1.82) is 0 Å². The average molecular weight is 198 g/mol. The van der Waals surface area contributed by atoms with Crippen LogP contribution in [0.3, 0.4) is 0 Å². The topological polar surface area (TPSA) is 50.7 Å². The van der Waals surface area contributed by atoms with Crippen LogP contribution >= 0.6 is 11.6 Å². The van der Waals surface area contributed by atoms with Gasteiger partial charge in [-0.15, -0.1) is 0 Å². The summed E-state index contributed by atoms with van der Waals surface area (Å²) >= 11 is 5.91. The van der Waals surface area contributed by atoms with Gasteiger partial charge < -0.3 is 0 Å². The first kappa shape index (κ1) is 8.31. The molecular weight excluding hydrogens is 190 g/mol. The summed E-state index contributed by atoms with van der Waals surface area (Å²) in [5.41, 5.74) is 1.18. The molecule has 0 bridgehead atoms. The number of nitrogens with one attached hydrogen (secondary N) is 1. The summed E-state index contributed by atoms with van der Waals surface area (Å²) in [4.78, 5) is 15.6. The lowest BCUT2D eigenvalue weighted by atomic mass is 10.3. The fraction of sp³-hybridized carbons (Fsp3) is 0.250. The van der Waals surface area contributed by atoms with E-state index in [1.54, 1.807) is 13.1 Å². The van der Waals surface area contributed by atoms with E-state index in [1.165, 1.54) is 4.68 Å². The van der Waals surface area contributed by atoms with E-state index in [1.807, 2.05) is 6.92 Å². The fourth-order valence-electron chi connectivity index (χ4n) is 1.29. The summed E-state index contributed by atoms with van der Waals surface area (Å²) < 4.78 is 1.36. The van der Waals surface area contributed by atoms with Crippen LogP contribution in [0.2, 0.25) is 5.02 Å². The highest BCUT2D eigenvalue weighted by Crippen LogP contribution is 2.17. The third-order valence-electron chi connectivity index (χ3n) is 1.89. The molecule has 0 aromatic carbocycles. The third-order valence-corrected chi connectivity index (χ3v) is 2.19. The van der Waals surface area contributed by atoms with Gasteiger partial charge in [0, 0.05) is 12.7 Å². The van der Waals surface area contributed by atoms with Gasteiger partial charge in [0.2, 0.25) is 0 Å². The Balaban J connectivity index is 3.03. The first-order valence-corrected chi connectivity index (χ1v) is 4.19. The molecule has 0 saturated carbocycles. The average Bonchev–Trinajstić information content (AvgIpc) is 2.27. The number of rotatable bonds is 0. The van der Waals surface area contributed by atoms with Crippen LogP contribution in [0.4, 0.5) is 0 Å². The summed E-state index contributed by atoms with van der Waals surface area (Å²) in [5.74, 6) is 0. The molecule has 2 rings (SSSR count). The maximum atomic E-state index is 11.5. The van der Waals surface area contributed by atoms with Gasteiger partial charge in [0.15, 0.2) is 5.65 Å². The van der Waals surface area contributed by atoms with Crippen molar-refractivity contribution in [2.45, 2.75) is 6.92 Å². The number of nitrogens with zero attached hydrogens (tertiary/aromatic N) is 2. The van der Waals surface area contributed by atoms with Crippen LogP contribution in [0.5, 0.6) is 0 Å². The molecule has 0 amide bonds. The smallest absolute Gasteiger partial charge is 0.277 e. The molecule has 0 atom stereocenters. The van der Waals surface area contributed by atoms with Crippen molar-refractivity contribution in [2.75, 3.05) is 0 Å². The predicted molar refractivity (Wildman–Crippen MR) is 51.1 cm³/mol. The van der Waals surface area contributed by atoms with Crippen molar-refractivity contribution >= 4 is 22.6 Å². The van der Waals surface area contributed by atoms with Gasteiger partial charge in [-0.2, -0.15) is 0 Å². The minimum Gasteiger partial charge on any atom is -0.279 e. The molecule has 0 aliphatic carbocycles. The monoisotopic (exact) mass is 197 g/mol. The highest BCUT2D eigenvalue weighted by atomic mass is 35.5. The summed E-state index contributed by atoms with van der Waals surface area (Å²) in [5, 5.41) is 3.72. The van der Waals surface area contributed by atoms with E-state index in [4.69, 9.17) is 11.6 Å². The Kier molecular flexibility index (Phi) is 1.66. The van der Waals surface area contributed by atoms with Crippen LogP contribution in [-0.2, 0) is 7.05 Å². The van der Waals surface area contributed by atoms with E-state index < -0.39 is 0 Å². The SMILES string of the molecule is Cc1cc(Cl)c2c(=O)n(C)[nH]c2n1. The predicted octanol–water partition coefficient (Wildman–Crippen LogP) is 1.22. The molecule has 2 heterocycles. The number of aromatic amines is 1. The van der Waals surface area contributed by atoms with Gasteiger partial charge in [-0.1, -0.05) is 11.6 Å². The molecule has 68 valence electrons. The molecule has 2 aromatic rings. The second kappa shape index (κ2) is 2.60. The molecule has 0 aliphatic rings. The lowest BCUT2D eigenvalue weighted by Gasteiger charge is -1.93. The van der Waals surface area contributed by atoms with Crippen LogP contribution in [-0.4, -0.2) is 14.8 Å². The van der Waals surface area contributed by atoms with Crippen LogP contribution in [0.1, 0.15) is 5.69 Å². The zero-order valence-corrected chi connectivity index (χ0v) is 8.01. The minimum atomic E-state index is -0.146. The van der Waals surface area contributed by atoms with Crippen LogP contribution in [0.25, 0.3) is 11.0 Å². The Bertz CT molecular complexity index is 526. The van der Waals surface area contributed by atoms with Crippen LogP contribution < -0.4 is 5.56 Å². The van der Waals surface area contributed by atoms with Crippen LogP contribution in [0, 0.1) is 6.92 Å². The molecule has 0 radical (unpaired) electrons. The van der Waals surface area contributed by atoms with Gasteiger partial charge in [-0.05, 0) is 13.0 Å². The molecule has 0 spiro atoms. The standard InChI is InChI=1S/C8H8ClN3O/c1-4-3-5(9)6-7(10-4)11-12(2)8(6)13/h3H,1-2H3,(H,10,11). The van der Waals surface area contributed by atoms with Gasteiger partial charge >= 0.3 is 0 Å². The van der Waals surface area contributed by atoms with Gasteiger partial charge in [-0.3, -0.25) is 14.6 Å². The maximum absolute atomic E-state index is 11.5. The second-order valence-electron chi connectivity index (χ2n) is 2.95. The molecule has 0 fully saturated rings. The fourth-order valence-corrected chi connectivity index (χ4v) is 1.62. The van der Waals surface area contributed by atoms with E-state index in [0.29, 0.717) is 16.1 Å². The maximum Gasteiger partial charge on any atom is 0.277 e. The van der Waals surface area contributed by atoms with Crippen molar-refractivity contribution < 1.29 is 0 Å². The largest absolute Gasteiger partial charge is 0.279 e. The number of aryl methyl sites for hydroxylation is 2. The minimum absolute atomic E-state index is 0.146. The Morgan fingerprint density at radius 2 is 2.31 bits per heavy atom. The number of H-pyrrole nitrogens is 1. The van der Waals surface area contributed by atoms with Crippen LogP contribution in [0.15, 0.2) is 10.9 Å². The van der Waals surface area contributed by atoms with E-state index >= 15 is 0 Å². The zero-order valence-electron chi connectivity index (χ0n) is 7.26. The van der Waals surface area contributed by atoms with Crippen molar-refractivity contribution in [2.24, 2.45) is 7.05 Å². The van der Waals surface area contributed by atoms with E-state index in [2.05, 4.69) is 10.1 Å². The quantitative estimate of drug-likeness (QED) is 0.691. The molecule has 13 heavy (non-hydrogen) atoms. The first-order valence-electron chi connectivity index (χ1n) is 3.81. The Morgan fingerprint density at radius 3 is 3.00 bits per heavy atom. The lowest BCUT2D eigenvalue weighted by molar-refractivity contribution is 0.747. The molecule has 4 nitrogen and oxygen atoms in total. The first-order chi connectivity index (χ1) is 6.09. The molecule has 0 unspecified atom stereocenters. The molecule has 1 N–H and O–H groups in total. The number of halogens is 1. The Hall–Kier alpha value is -1.29. The third kappa shape index (κ3) is 1.14. The van der Waals surface area contributed by atoms with Crippen molar-refractivity contribution in [1.82, 2.24) is 14.8 Å². The van der Waals surface area contributed by atoms with Crippen molar-refractivity contribution in [3.8, 4) is 0 Å². The highest BCUT2D eigenvalue weighted by Gasteiger charge is 2.09. The van der Waals surface area contributed by atoms with Gasteiger partial charge in [0.05, 0.1) is 5.02 Å². The molecule has 2 aromatic heterocycles. The normalized spacial score (nSPS) is 11.0. The molecular formula is C8H8ClN3O.